The van der Waals surface area contributed by atoms with Crippen LogP contribution in [0.15, 0.2) is 265 Å². The molecule has 70 heavy (non-hydrogen) atoms. The largest absolute Gasteiger partial charge is 0.455 e. The van der Waals surface area contributed by atoms with Crippen molar-refractivity contribution in [3.05, 3.63) is 305 Å². The molecule has 1 spiro atoms. The molecule has 0 aliphatic heterocycles. The van der Waals surface area contributed by atoms with Gasteiger partial charge in [0.15, 0.2) is 0 Å². The zero-order chi connectivity index (χ0) is 46.0. The molecule has 12 aromatic rings. The highest BCUT2D eigenvalue weighted by Gasteiger charge is 2.52. The second-order valence-electron chi connectivity index (χ2n) is 19.0. The first-order valence-corrected chi connectivity index (χ1v) is 24.3. The lowest BCUT2D eigenvalue weighted by molar-refractivity contribution is 0.670. The molecule has 0 bridgehead atoms. The maximum Gasteiger partial charge on any atom is 0.143 e. The van der Waals surface area contributed by atoms with E-state index >= 15 is 0 Å². The third-order valence-electron chi connectivity index (χ3n) is 15.8. The predicted octanol–water partition coefficient (Wildman–Crippen LogP) is 17.4. The van der Waals surface area contributed by atoms with Gasteiger partial charge in [0, 0.05) is 33.3 Å². The maximum atomic E-state index is 6.68. The third-order valence-corrected chi connectivity index (χ3v) is 15.8. The SMILES string of the molecule is c1ccc(C2(c3ccccc3)c3ccccc3-c3cc(N(c4cccc(-c5cccc6c5oc5ccccc56)c4)c4cccc5c4-c4ccccc4C54c5ccccc5-c5ccccc54)ccc32)cc1. The van der Waals surface area contributed by atoms with Gasteiger partial charge >= 0.3 is 0 Å². The van der Waals surface area contributed by atoms with Crippen LogP contribution in [0.5, 0.6) is 0 Å². The quantitative estimate of drug-likeness (QED) is 0.165. The second kappa shape index (κ2) is 14.8. The summed E-state index contributed by atoms with van der Waals surface area (Å²) in [6, 6.07) is 96.7. The summed E-state index contributed by atoms with van der Waals surface area (Å²) < 4.78 is 6.68. The molecule has 326 valence electrons. The van der Waals surface area contributed by atoms with Crippen molar-refractivity contribution in [1.29, 1.82) is 0 Å². The van der Waals surface area contributed by atoms with Gasteiger partial charge in [-0.1, -0.05) is 224 Å². The number of hydrogen-bond donors (Lipinski definition) is 0. The molecule has 2 heteroatoms. The van der Waals surface area contributed by atoms with Gasteiger partial charge in [-0.05, 0) is 114 Å². The molecule has 11 aromatic carbocycles. The minimum Gasteiger partial charge on any atom is -0.455 e. The molecule has 1 aromatic heterocycles. The molecule has 0 unspecified atom stereocenters. The van der Waals surface area contributed by atoms with Gasteiger partial charge in [0.1, 0.15) is 11.2 Å². The molecule has 3 aliphatic rings. The third kappa shape index (κ3) is 5.12. The lowest BCUT2D eigenvalue weighted by atomic mass is 9.68. The van der Waals surface area contributed by atoms with Crippen molar-refractivity contribution in [2.75, 3.05) is 4.90 Å². The average molecular weight is 890 g/mol. The minimum atomic E-state index is -0.508. The summed E-state index contributed by atoms with van der Waals surface area (Å²) in [4.78, 5) is 2.53. The smallest absolute Gasteiger partial charge is 0.143 e. The second-order valence-corrected chi connectivity index (χ2v) is 19.0. The zero-order valence-corrected chi connectivity index (χ0v) is 38.2. The minimum absolute atomic E-state index is 0.485. The van der Waals surface area contributed by atoms with Crippen molar-refractivity contribution >= 4 is 39.0 Å². The van der Waals surface area contributed by atoms with Gasteiger partial charge in [0.2, 0.25) is 0 Å². The first kappa shape index (κ1) is 39.1. The number of nitrogens with zero attached hydrogens (tertiary/aromatic N) is 1. The zero-order valence-electron chi connectivity index (χ0n) is 38.2. The highest BCUT2D eigenvalue weighted by atomic mass is 16.3. The Kier molecular flexibility index (Phi) is 8.24. The Bertz CT molecular complexity index is 4000. The van der Waals surface area contributed by atoms with E-state index in [-0.39, 0.29) is 0 Å². The van der Waals surface area contributed by atoms with Gasteiger partial charge in [-0.25, -0.2) is 0 Å². The highest BCUT2D eigenvalue weighted by Crippen LogP contribution is 2.65. The van der Waals surface area contributed by atoms with E-state index in [0.29, 0.717) is 0 Å². The van der Waals surface area contributed by atoms with E-state index in [9.17, 15) is 0 Å². The fourth-order valence-corrected chi connectivity index (χ4v) is 13.1. The number of fused-ring (bicyclic) bond motifs is 16. The molecular weight excluding hydrogens is 847 g/mol. The van der Waals surface area contributed by atoms with Gasteiger partial charge in [-0.3, -0.25) is 0 Å². The van der Waals surface area contributed by atoms with Crippen LogP contribution in [-0.2, 0) is 10.8 Å². The van der Waals surface area contributed by atoms with Crippen LogP contribution >= 0.6 is 0 Å². The van der Waals surface area contributed by atoms with E-state index in [1.807, 2.05) is 6.07 Å². The van der Waals surface area contributed by atoms with E-state index in [2.05, 4.69) is 260 Å². The van der Waals surface area contributed by atoms with Gasteiger partial charge in [-0.15, -0.1) is 0 Å². The summed E-state index contributed by atoms with van der Waals surface area (Å²) in [5, 5.41) is 2.24. The molecule has 0 amide bonds. The molecule has 0 saturated heterocycles. The monoisotopic (exact) mass is 889 g/mol. The number of anilines is 3. The fourth-order valence-electron chi connectivity index (χ4n) is 13.1. The molecule has 0 fully saturated rings. The molecular formula is C68H43NO. The summed E-state index contributed by atoms with van der Waals surface area (Å²) in [5.41, 5.74) is 24.2. The number of hydrogen-bond acceptors (Lipinski definition) is 2. The van der Waals surface area contributed by atoms with Crippen LogP contribution in [0.1, 0.15) is 44.5 Å². The van der Waals surface area contributed by atoms with Gasteiger partial charge in [0.05, 0.1) is 16.5 Å². The van der Waals surface area contributed by atoms with Crippen molar-refractivity contribution in [3.8, 4) is 44.5 Å². The molecule has 0 N–H and O–H groups in total. The van der Waals surface area contributed by atoms with Crippen LogP contribution in [0, 0.1) is 0 Å². The van der Waals surface area contributed by atoms with E-state index < -0.39 is 10.8 Å². The highest BCUT2D eigenvalue weighted by molar-refractivity contribution is 6.10. The number of furan rings is 1. The van der Waals surface area contributed by atoms with Crippen LogP contribution in [0.4, 0.5) is 17.1 Å². The lowest BCUT2D eigenvalue weighted by Gasteiger charge is -2.34. The molecule has 0 radical (unpaired) electrons. The summed E-state index contributed by atoms with van der Waals surface area (Å²) in [6.45, 7) is 0. The summed E-state index contributed by atoms with van der Waals surface area (Å²) in [6.07, 6.45) is 0. The van der Waals surface area contributed by atoms with Crippen LogP contribution in [0.3, 0.4) is 0 Å². The van der Waals surface area contributed by atoms with Crippen molar-refractivity contribution in [1.82, 2.24) is 0 Å². The van der Waals surface area contributed by atoms with Crippen molar-refractivity contribution in [2.24, 2.45) is 0 Å². The Morgan fingerprint density at radius 2 is 0.786 bits per heavy atom. The summed E-state index contributed by atoms with van der Waals surface area (Å²) in [5.74, 6) is 0. The predicted molar refractivity (Wildman–Crippen MR) is 287 cm³/mol. The average Bonchev–Trinajstić information content (AvgIpc) is 4.15. The lowest BCUT2D eigenvalue weighted by Crippen LogP contribution is -2.28. The number of para-hydroxylation sites is 2. The summed E-state index contributed by atoms with van der Waals surface area (Å²) in [7, 11) is 0. The maximum absolute atomic E-state index is 6.68. The van der Waals surface area contributed by atoms with Crippen molar-refractivity contribution < 1.29 is 4.42 Å². The standard InChI is InChI=1S/C68H43NO/c1-3-21-45(22-4-1)67(46-23-5-2-6-24-46)57-33-12-9-28-52(57)56-43-48(40-41-61(56)67)69(47-25-17-20-44(42-47)49-31-18-32-54-53-29-11-16-39-64(53)70-66(49)54)63-38-19-37-62-65(63)55-30-10-15-36-60(55)68(62)58-34-13-7-26-50(58)51-27-8-14-35-59(51)68/h1-43H. The molecule has 1 heterocycles. The molecule has 2 nitrogen and oxygen atoms in total. The van der Waals surface area contributed by atoms with E-state index in [1.54, 1.807) is 0 Å². The topological polar surface area (TPSA) is 16.4 Å². The van der Waals surface area contributed by atoms with Gasteiger partial charge < -0.3 is 9.32 Å². The van der Waals surface area contributed by atoms with Gasteiger partial charge in [-0.2, -0.15) is 0 Å². The van der Waals surface area contributed by atoms with E-state index in [1.165, 1.54) is 77.9 Å². The van der Waals surface area contributed by atoms with Gasteiger partial charge in [0.25, 0.3) is 0 Å². The first-order chi connectivity index (χ1) is 34.7. The number of rotatable bonds is 6. The van der Waals surface area contributed by atoms with E-state index in [0.717, 1.165) is 50.1 Å². The Labute approximate surface area is 407 Å². The van der Waals surface area contributed by atoms with Crippen LogP contribution in [-0.4, -0.2) is 0 Å². The Morgan fingerprint density at radius 3 is 1.49 bits per heavy atom. The molecule has 0 atom stereocenters. The number of benzene rings is 11. The van der Waals surface area contributed by atoms with E-state index in [4.69, 9.17) is 4.42 Å². The summed E-state index contributed by atoms with van der Waals surface area (Å²) >= 11 is 0. The molecule has 15 rings (SSSR count). The van der Waals surface area contributed by atoms with Crippen molar-refractivity contribution in [2.45, 2.75) is 10.8 Å². The Morgan fingerprint density at radius 1 is 0.300 bits per heavy atom. The molecule has 0 saturated carbocycles. The fraction of sp³-hybridized carbons (Fsp3) is 0.0294. The van der Waals surface area contributed by atoms with Crippen LogP contribution < -0.4 is 4.90 Å². The van der Waals surface area contributed by atoms with Crippen LogP contribution in [0.2, 0.25) is 0 Å². The van der Waals surface area contributed by atoms with Crippen LogP contribution in [0.25, 0.3) is 66.4 Å². The Balaban J connectivity index is 1.02. The normalized spacial score (nSPS) is 13.9. The molecule has 3 aliphatic carbocycles. The first-order valence-electron chi connectivity index (χ1n) is 24.3. The van der Waals surface area contributed by atoms with Crippen molar-refractivity contribution in [3.63, 3.8) is 0 Å². The Hall–Kier alpha value is -8.98.